The number of aromatic nitrogens is 2. The van der Waals surface area contributed by atoms with Crippen molar-refractivity contribution in [2.75, 3.05) is 33.2 Å². The van der Waals surface area contributed by atoms with Crippen LogP contribution in [0.3, 0.4) is 0 Å². The Hall–Kier alpha value is -1.50. The van der Waals surface area contributed by atoms with Crippen LogP contribution in [0.4, 0.5) is 4.39 Å². The maximum atomic E-state index is 14.0. The van der Waals surface area contributed by atoms with E-state index in [0.29, 0.717) is 17.4 Å². The van der Waals surface area contributed by atoms with Crippen molar-refractivity contribution in [2.24, 2.45) is 0 Å². The van der Waals surface area contributed by atoms with Gasteiger partial charge >= 0.3 is 0 Å². The third-order valence-electron chi connectivity index (χ3n) is 5.40. The molecule has 0 N–H and O–H groups in total. The van der Waals surface area contributed by atoms with Crippen LogP contribution in [-0.2, 0) is 6.54 Å². The first-order chi connectivity index (χ1) is 13.0. The lowest BCUT2D eigenvalue weighted by molar-refractivity contribution is 0.180. The van der Waals surface area contributed by atoms with Gasteiger partial charge in [-0.3, -0.25) is 14.3 Å². The summed E-state index contributed by atoms with van der Waals surface area (Å²) in [6.07, 6.45) is 2.99. The molecule has 1 aromatic heterocycles. The highest BCUT2D eigenvalue weighted by molar-refractivity contribution is 6.31. The fourth-order valence-electron chi connectivity index (χ4n) is 3.92. The average Bonchev–Trinajstić information content (AvgIpc) is 2.86. The molecule has 7 heteroatoms. The molecule has 1 fully saturated rings. The van der Waals surface area contributed by atoms with E-state index in [1.54, 1.807) is 4.57 Å². The summed E-state index contributed by atoms with van der Waals surface area (Å²) < 4.78 is 15.7. The van der Waals surface area contributed by atoms with Crippen molar-refractivity contribution >= 4 is 22.5 Å². The lowest BCUT2D eigenvalue weighted by Gasteiger charge is -2.31. The number of rotatable bonds is 5. The number of hydrogen-bond acceptors (Lipinski definition) is 4. The minimum atomic E-state index is -0.542. The molecule has 1 aromatic carbocycles. The molecule has 1 aliphatic heterocycles. The summed E-state index contributed by atoms with van der Waals surface area (Å²) >= 11 is 5.90. The Morgan fingerprint density at radius 2 is 2.00 bits per heavy atom. The molecule has 0 aliphatic carbocycles. The first-order valence-electron chi connectivity index (χ1n) is 9.78. The van der Waals surface area contributed by atoms with Gasteiger partial charge in [-0.25, -0.2) is 9.37 Å². The van der Waals surface area contributed by atoms with Gasteiger partial charge in [0.1, 0.15) is 11.6 Å². The summed E-state index contributed by atoms with van der Waals surface area (Å²) in [5.74, 6) is 0.197. The van der Waals surface area contributed by atoms with Crippen LogP contribution in [0.5, 0.6) is 0 Å². The van der Waals surface area contributed by atoms with E-state index in [1.165, 1.54) is 12.1 Å². The highest BCUT2D eigenvalue weighted by atomic mass is 35.5. The Labute approximate surface area is 164 Å². The van der Waals surface area contributed by atoms with Crippen molar-refractivity contribution in [3.8, 4) is 0 Å². The van der Waals surface area contributed by atoms with Crippen molar-refractivity contribution in [3.63, 3.8) is 0 Å². The van der Waals surface area contributed by atoms with E-state index in [2.05, 4.69) is 23.8 Å². The molecule has 0 radical (unpaired) electrons. The third kappa shape index (κ3) is 4.18. The fraction of sp³-hybridized carbons (Fsp3) is 0.600. The van der Waals surface area contributed by atoms with Gasteiger partial charge in [0.2, 0.25) is 0 Å². The zero-order valence-electron chi connectivity index (χ0n) is 16.3. The van der Waals surface area contributed by atoms with Gasteiger partial charge in [0.15, 0.2) is 0 Å². The van der Waals surface area contributed by atoms with E-state index in [9.17, 15) is 9.18 Å². The van der Waals surface area contributed by atoms with Crippen molar-refractivity contribution in [2.45, 2.75) is 45.7 Å². The van der Waals surface area contributed by atoms with Crippen LogP contribution in [0.1, 0.15) is 45.0 Å². The van der Waals surface area contributed by atoms with Crippen molar-refractivity contribution in [1.29, 1.82) is 0 Å². The van der Waals surface area contributed by atoms with Gasteiger partial charge in [-0.2, -0.15) is 0 Å². The molecular weight excluding hydrogens is 367 g/mol. The van der Waals surface area contributed by atoms with Gasteiger partial charge in [-0.1, -0.05) is 24.9 Å². The van der Waals surface area contributed by atoms with E-state index in [0.717, 1.165) is 51.3 Å². The predicted octanol–water partition coefficient (Wildman–Crippen LogP) is 3.69. The molecule has 1 atom stereocenters. The Balaban J connectivity index is 2.13. The molecule has 0 amide bonds. The molecule has 0 spiro atoms. The smallest absolute Gasteiger partial charge is 0.261 e. The van der Waals surface area contributed by atoms with Crippen molar-refractivity contribution < 1.29 is 4.39 Å². The molecule has 1 aliphatic rings. The zero-order chi connectivity index (χ0) is 19.6. The van der Waals surface area contributed by atoms with Crippen LogP contribution in [0.15, 0.2) is 16.9 Å². The highest BCUT2D eigenvalue weighted by Gasteiger charge is 2.26. The minimum absolute atomic E-state index is 0.0440. The van der Waals surface area contributed by atoms with Crippen LogP contribution in [0.25, 0.3) is 10.9 Å². The van der Waals surface area contributed by atoms with E-state index in [1.807, 2.05) is 6.92 Å². The molecule has 1 saturated heterocycles. The standard InChI is InChI=1S/C20H28ClFN4O/c1-4-7-18(25-9-6-8-24(3)10-11-25)19-23-17-13-16(22)15(21)12-14(17)20(27)26(19)5-2/h12-13,18H,4-11H2,1-3H3. The predicted molar refractivity (Wildman–Crippen MR) is 108 cm³/mol. The molecule has 3 rings (SSSR count). The summed E-state index contributed by atoms with van der Waals surface area (Å²) in [5, 5.41) is 0.329. The first-order valence-corrected chi connectivity index (χ1v) is 10.2. The Bertz CT molecular complexity index is 869. The van der Waals surface area contributed by atoms with E-state index in [-0.39, 0.29) is 16.6 Å². The monoisotopic (exact) mass is 394 g/mol. The summed E-state index contributed by atoms with van der Waals surface area (Å²) in [4.78, 5) is 22.6. The topological polar surface area (TPSA) is 41.4 Å². The summed E-state index contributed by atoms with van der Waals surface area (Å²) in [6.45, 7) is 8.60. The largest absolute Gasteiger partial charge is 0.305 e. The van der Waals surface area contributed by atoms with Crippen molar-refractivity contribution in [3.05, 3.63) is 39.2 Å². The van der Waals surface area contributed by atoms with Crippen LogP contribution in [0.2, 0.25) is 5.02 Å². The fourth-order valence-corrected chi connectivity index (χ4v) is 4.08. The SMILES string of the molecule is CCCC(c1nc2cc(F)c(Cl)cc2c(=O)n1CC)N1CCCN(C)CC1. The number of fused-ring (bicyclic) bond motifs is 1. The average molecular weight is 395 g/mol. The normalized spacial score (nSPS) is 18.0. The summed E-state index contributed by atoms with van der Waals surface area (Å²) in [5.41, 5.74) is 0.238. The van der Waals surface area contributed by atoms with Gasteiger partial charge in [0.05, 0.1) is 22.0 Å². The number of halogens is 2. The van der Waals surface area contributed by atoms with E-state index >= 15 is 0 Å². The number of nitrogens with zero attached hydrogens (tertiary/aromatic N) is 4. The van der Waals surface area contributed by atoms with Crippen LogP contribution in [-0.4, -0.2) is 52.6 Å². The summed E-state index contributed by atoms with van der Waals surface area (Å²) in [7, 11) is 2.14. The van der Waals surface area contributed by atoms with Gasteiger partial charge in [-0.15, -0.1) is 0 Å². The molecular formula is C20H28ClFN4O. The Kier molecular flexibility index (Phi) is 6.50. The second kappa shape index (κ2) is 8.67. The summed E-state index contributed by atoms with van der Waals surface area (Å²) in [6, 6.07) is 2.73. The van der Waals surface area contributed by atoms with E-state index < -0.39 is 5.82 Å². The lowest BCUT2D eigenvalue weighted by Crippen LogP contribution is -2.37. The molecule has 2 heterocycles. The first kappa shape index (κ1) is 20.2. The lowest BCUT2D eigenvalue weighted by atomic mass is 10.1. The van der Waals surface area contributed by atoms with E-state index in [4.69, 9.17) is 16.6 Å². The number of hydrogen-bond donors (Lipinski definition) is 0. The van der Waals surface area contributed by atoms with Crippen LogP contribution in [0, 0.1) is 5.82 Å². The number of benzene rings is 1. The second-order valence-corrected chi connectivity index (χ2v) is 7.71. The maximum Gasteiger partial charge on any atom is 0.261 e. The van der Waals surface area contributed by atoms with Gasteiger partial charge in [-0.05, 0) is 39.4 Å². The van der Waals surface area contributed by atoms with Crippen LogP contribution >= 0.6 is 11.6 Å². The quantitative estimate of drug-likeness (QED) is 0.775. The molecule has 0 bridgehead atoms. The van der Waals surface area contributed by atoms with Gasteiger partial charge < -0.3 is 4.90 Å². The zero-order valence-corrected chi connectivity index (χ0v) is 17.1. The Morgan fingerprint density at radius 3 is 2.70 bits per heavy atom. The highest BCUT2D eigenvalue weighted by Crippen LogP contribution is 2.27. The molecule has 27 heavy (non-hydrogen) atoms. The van der Waals surface area contributed by atoms with Crippen LogP contribution < -0.4 is 5.56 Å². The number of likely N-dealkylation sites (N-methyl/N-ethyl adjacent to an activating group) is 1. The van der Waals surface area contributed by atoms with Gasteiger partial charge in [0.25, 0.3) is 5.56 Å². The maximum absolute atomic E-state index is 14.0. The molecule has 1 unspecified atom stereocenters. The van der Waals surface area contributed by atoms with Crippen molar-refractivity contribution in [1.82, 2.24) is 19.4 Å². The molecule has 2 aromatic rings. The molecule has 148 valence electrons. The Morgan fingerprint density at radius 1 is 1.22 bits per heavy atom. The molecule has 0 saturated carbocycles. The van der Waals surface area contributed by atoms with Gasteiger partial charge in [0, 0.05) is 32.2 Å². The second-order valence-electron chi connectivity index (χ2n) is 7.30. The molecule has 5 nitrogen and oxygen atoms in total. The third-order valence-corrected chi connectivity index (χ3v) is 5.69. The minimum Gasteiger partial charge on any atom is -0.305 e.